The van der Waals surface area contributed by atoms with Crippen molar-refractivity contribution in [1.29, 1.82) is 0 Å². The van der Waals surface area contributed by atoms with Gasteiger partial charge in [0.05, 0.1) is 0 Å². The van der Waals surface area contributed by atoms with Crippen molar-refractivity contribution in [3.05, 3.63) is 30.4 Å². The summed E-state index contributed by atoms with van der Waals surface area (Å²) in [6, 6.07) is 1.99. The fraction of sp³-hybridized carbons (Fsp3) is 0.125. The van der Waals surface area contributed by atoms with Gasteiger partial charge in [-0.15, -0.1) is 5.10 Å². The van der Waals surface area contributed by atoms with Crippen molar-refractivity contribution in [2.75, 3.05) is 0 Å². The lowest BCUT2D eigenvalue weighted by molar-refractivity contribution is -0.680. The Morgan fingerprint density at radius 2 is 2.23 bits per heavy atom. The molecule has 0 aliphatic rings. The van der Waals surface area contributed by atoms with E-state index in [1.807, 2.05) is 23.7 Å². The van der Waals surface area contributed by atoms with Gasteiger partial charge < -0.3 is 4.98 Å². The van der Waals surface area contributed by atoms with Gasteiger partial charge in [0.2, 0.25) is 5.69 Å². The normalized spacial score (nSPS) is 11.5. The van der Waals surface area contributed by atoms with E-state index < -0.39 is 0 Å². The molecule has 0 amide bonds. The average molecular weight is 173 g/mol. The zero-order valence-corrected chi connectivity index (χ0v) is 7.05. The van der Waals surface area contributed by atoms with E-state index >= 15 is 0 Å². The second-order valence-corrected chi connectivity index (χ2v) is 2.89. The van der Waals surface area contributed by atoms with E-state index in [4.69, 9.17) is 0 Å². The summed E-state index contributed by atoms with van der Waals surface area (Å²) >= 11 is 0. The predicted molar refractivity (Wildman–Crippen MR) is 44.2 cm³/mol. The molecular weight excluding hydrogens is 166 g/mol. The molecule has 0 saturated heterocycles. The topological polar surface area (TPSA) is 48.4 Å². The highest BCUT2D eigenvalue weighted by molar-refractivity contribution is 5.62. The highest BCUT2D eigenvalue weighted by Gasteiger charge is 2.07. The molecule has 0 aliphatic carbocycles. The number of nitrogens with zero attached hydrogens (tertiary/aromatic N) is 5. The van der Waals surface area contributed by atoms with E-state index in [0.717, 1.165) is 11.3 Å². The van der Waals surface area contributed by atoms with Gasteiger partial charge in [0.25, 0.3) is 0 Å². The fourth-order valence-electron chi connectivity index (χ4n) is 1.41. The van der Waals surface area contributed by atoms with Gasteiger partial charge in [-0.05, 0) is 6.20 Å². The van der Waals surface area contributed by atoms with Gasteiger partial charge in [0.1, 0.15) is 5.65 Å². The molecule has 0 unspecified atom stereocenters. The maximum Gasteiger partial charge on any atom is 0.212 e. The number of rotatable bonds is 0. The second kappa shape index (κ2) is 2.07. The minimum Gasteiger partial charge on any atom is -0.361 e. The summed E-state index contributed by atoms with van der Waals surface area (Å²) in [6.45, 7) is 1.99. The van der Waals surface area contributed by atoms with Crippen LogP contribution in [0.1, 0.15) is 5.69 Å². The van der Waals surface area contributed by atoms with Crippen LogP contribution in [0.2, 0.25) is 0 Å². The van der Waals surface area contributed by atoms with Crippen LogP contribution in [0.15, 0.2) is 24.7 Å². The van der Waals surface area contributed by atoms with Crippen LogP contribution in [-0.4, -0.2) is 14.5 Å². The highest BCUT2D eigenvalue weighted by Crippen LogP contribution is 2.01. The van der Waals surface area contributed by atoms with Crippen LogP contribution in [0.3, 0.4) is 0 Å². The summed E-state index contributed by atoms with van der Waals surface area (Å²) in [4.78, 5) is 8.32. The van der Waals surface area contributed by atoms with E-state index in [-0.39, 0.29) is 0 Å². The zero-order valence-electron chi connectivity index (χ0n) is 7.05. The molecule has 3 aromatic heterocycles. The van der Waals surface area contributed by atoms with Crippen LogP contribution in [0.5, 0.6) is 0 Å². The van der Waals surface area contributed by atoms with Crippen molar-refractivity contribution in [3.63, 3.8) is 0 Å². The molecule has 0 aromatic carbocycles. The van der Waals surface area contributed by atoms with Crippen molar-refractivity contribution in [2.24, 2.45) is 0 Å². The van der Waals surface area contributed by atoms with E-state index in [0.29, 0.717) is 5.65 Å². The van der Waals surface area contributed by atoms with E-state index in [2.05, 4.69) is 15.1 Å². The van der Waals surface area contributed by atoms with Gasteiger partial charge in [-0.3, -0.25) is 0 Å². The lowest BCUT2D eigenvalue weighted by atomic mass is 10.5. The fourth-order valence-corrected chi connectivity index (χ4v) is 1.41. The largest absolute Gasteiger partial charge is 0.361 e. The molecule has 3 rings (SSSR count). The summed E-state index contributed by atoms with van der Waals surface area (Å²) < 4.78 is 3.66. The van der Waals surface area contributed by atoms with Gasteiger partial charge in [0, 0.05) is 25.4 Å². The molecule has 0 radical (unpaired) electrons. The standard InChI is InChI=1S/C8H7N5/c1-6-2-5-12-8-7(11-13(6)12)9-3-4-10-8/h2-5H,1H3. The van der Waals surface area contributed by atoms with Crippen LogP contribution in [-0.2, 0) is 0 Å². The van der Waals surface area contributed by atoms with Gasteiger partial charge in [-0.1, -0.05) is 4.63 Å². The Kier molecular flexibility index (Phi) is 1.05. The van der Waals surface area contributed by atoms with Crippen molar-refractivity contribution in [2.45, 2.75) is 6.92 Å². The molecule has 13 heavy (non-hydrogen) atoms. The third-order valence-corrected chi connectivity index (χ3v) is 2.04. The summed E-state index contributed by atoms with van der Waals surface area (Å²) in [5, 5.41) is 4.28. The van der Waals surface area contributed by atoms with E-state index in [9.17, 15) is 0 Å². The lowest BCUT2D eigenvalue weighted by Gasteiger charge is -1.87. The quantitative estimate of drug-likeness (QED) is 0.440. The number of aryl methyl sites for hydroxylation is 1. The van der Waals surface area contributed by atoms with E-state index in [1.54, 1.807) is 17.0 Å². The SMILES string of the molecule is Cc1ccn2c3nccnc3[n-][n+]12. The molecule has 0 N–H and O–H groups in total. The highest BCUT2D eigenvalue weighted by atomic mass is 15.5. The predicted octanol–water partition coefficient (Wildman–Crippen LogP) is -0.266. The Morgan fingerprint density at radius 1 is 1.38 bits per heavy atom. The van der Waals surface area contributed by atoms with Crippen molar-refractivity contribution < 1.29 is 4.63 Å². The first-order valence-electron chi connectivity index (χ1n) is 4.00. The molecule has 3 heterocycles. The van der Waals surface area contributed by atoms with Gasteiger partial charge in [-0.2, -0.15) is 4.52 Å². The van der Waals surface area contributed by atoms with Crippen molar-refractivity contribution >= 4 is 11.3 Å². The molecular formula is C8H7N5. The first-order chi connectivity index (χ1) is 6.36. The smallest absolute Gasteiger partial charge is 0.212 e. The Balaban J connectivity index is 2.64. The molecule has 0 spiro atoms. The maximum absolute atomic E-state index is 4.28. The molecule has 5 heteroatoms. The average Bonchev–Trinajstić information content (AvgIpc) is 2.67. The molecule has 3 aromatic rings. The van der Waals surface area contributed by atoms with E-state index in [1.165, 1.54) is 0 Å². The molecule has 0 fully saturated rings. The lowest BCUT2D eigenvalue weighted by Crippen LogP contribution is -2.32. The number of aromatic nitrogens is 5. The maximum atomic E-state index is 4.28. The number of hydrogen-bond donors (Lipinski definition) is 0. The summed E-state index contributed by atoms with van der Waals surface area (Å²) in [5.41, 5.74) is 2.53. The summed E-state index contributed by atoms with van der Waals surface area (Å²) in [7, 11) is 0. The third kappa shape index (κ3) is 0.729. The van der Waals surface area contributed by atoms with Crippen LogP contribution in [0, 0.1) is 6.92 Å². The molecule has 0 saturated carbocycles. The Morgan fingerprint density at radius 3 is 3.15 bits per heavy atom. The van der Waals surface area contributed by atoms with Gasteiger partial charge in [0.15, 0.2) is 5.65 Å². The van der Waals surface area contributed by atoms with Crippen molar-refractivity contribution in [1.82, 2.24) is 19.6 Å². The Hall–Kier alpha value is -1.91. The molecule has 5 nitrogen and oxygen atoms in total. The van der Waals surface area contributed by atoms with Crippen LogP contribution < -0.4 is 9.73 Å². The van der Waals surface area contributed by atoms with Crippen LogP contribution in [0.25, 0.3) is 11.3 Å². The van der Waals surface area contributed by atoms with Crippen molar-refractivity contribution in [3.8, 4) is 0 Å². The summed E-state index contributed by atoms with van der Waals surface area (Å²) in [5.74, 6) is 0. The second-order valence-electron chi connectivity index (χ2n) is 2.89. The monoisotopic (exact) mass is 173 g/mol. The molecule has 0 bridgehead atoms. The Bertz CT molecular complexity index is 576. The van der Waals surface area contributed by atoms with Crippen LogP contribution >= 0.6 is 0 Å². The summed E-state index contributed by atoms with van der Waals surface area (Å²) in [6.07, 6.45) is 5.24. The first kappa shape index (κ1) is 6.59. The minimum absolute atomic E-state index is 0.672. The zero-order chi connectivity index (χ0) is 8.84. The Labute approximate surface area is 73.6 Å². The minimum atomic E-state index is 0.672. The molecule has 0 aliphatic heterocycles. The molecule has 64 valence electrons. The third-order valence-electron chi connectivity index (χ3n) is 2.04. The number of hydrogen-bond acceptors (Lipinski definition) is 2. The van der Waals surface area contributed by atoms with Gasteiger partial charge >= 0.3 is 0 Å². The first-order valence-corrected chi connectivity index (χ1v) is 4.00. The van der Waals surface area contributed by atoms with Crippen LogP contribution in [0.4, 0.5) is 0 Å². The van der Waals surface area contributed by atoms with Gasteiger partial charge in [-0.25, -0.2) is 4.98 Å². The number of fused-ring (bicyclic) bond motifs is 3. The molecule has 0 atom stereocenters.